The van der Waals surface area contributed by atoms with Gasteiger partial charge in [0.05, 0.1) is 5.69 Å². The number of carbonyl (C=O) groups excluding carboxylic acids is 1. The van der Waals surface area contributed by atoms with Gasteiger partial charge in [-0.2, -0.15) is 5.10 Å². The normalized spacial score (nSPS) is 15.4. The molecule has 0 saturated heterocycles. The van der Waals surface area contributed by atoms with Crippen LogP contribution >= 0.6 is 0 Å². The number of nitrogens with zero attached hydrogens (tertiary/aromatic N) is 2. The van der Waals surface area contributed by atoms with Gasteiger partial charge in [0.1, 0.15) is 5.78 Å². The molecule has 3 heteroatoms. The Balaban J connectivity index is 1.81. The molecule has 1 aromatic heterocycles. The number of aromatic nitrogens is 2. The third kappa shape index (κ3) is 2.71. The van der Waals surface area contributed by atoms with Gasteiger partial charge in [0, 0.05) is 24.6 Å². The molecule has 0 aromatic carbocycles. The smallest absolute Gasteiger partial charge is 0.135 e. The molecule has 1 heterocycles. The van der Waals surface area contributed by atoms with Gasteiger partial charge in [0.2, 0.25) is 0 Å². The minimum absolute atomic E-state index is 0.415. The van der Waals surface area contributed by atoms with Crippen LogP contribution in [0.3, 0.4) is 0 Å². The Labute approximate surface area is 96.8 Å². The minimum Gasteiger partial charge on any atom is -0.299 e. The molecule has 1 fully saturated rings. The van der Waals surface area contributed by atoms with Gasteiger partial charge in [-0.05, 0) is 45.6 Å². The topological polar surface area (TPSA) is 34.9 Å². The fourth-order valence-electron chi connectivity index (χ4n) is 2.13. The summed E-state index contributed by atoms with van der Waals surface area (Å²) < 4.78 is 2.04. The molecule has 88 valence electrons. The minimum atomic E-state index is 0.415. The first-order chi connectivity index (χ1) is 7.70. The standard InChI is InChI=1S/C13H20N2O/c1-3-15-12(9-10(2)14-15)5-4-6-13(16)11-7-8-11/h9,11H,3-8H2,1-2H3. The van der Waals surface area contributed by atoms with E-state index in [4.69, 9.17) is 0 Å². The van der Waals surface area contributed by atoms with Crippen LogP contribution in [0.2, 0.25) is 0 Å². The zero-order valence-electron chi connectivity index (χ0n) is 10.2. The largest absolute Gasteiger partial charge is 0.299 e. The summed E-state index contributed by atoms with van der Waals surface area (Å²) in [5, 5.41) is 4.41. The lowest BCUT2D eigenvalue weighted by Crippen LogP contribution is -2.05. The maximum atomic E-state index is 11.5. The second-order valence-electron chi connectivity index (χ2n) is 4.69. The van der Waals surface area contributed by atoms with Crippen molar-refractivity contribution in [1.29, 1.82) is 0 Å². The Morgan fingerprint density at radius 1 is 1.56 bits per heavy atom. The van der Waals surface area contributed by atoms with Gasteiger partial charge in [0.25, 0.3) is 0 Å². The highest BCUT2D eigenvalue weighted by Gasteiger charge is 2.28. The lowest BCUT2D eigenvalue weighted by molar-refractivity contribution is -0.120. The van der Waals surface area contributed by atoms with Crippen molar-refractivity contribution in [1.82, 2.24) is 9.78 Å². The predicted octanol–water partition coefficient (Wildman–Crippen LogP) is 2.51. The molecule has 0 N–H and O–H groups in total. The molecule has 0 amide bonds. The van der Waals surface area contributed by atoms with Crippen molar-refractivity contribution in [3.63, 3.8) is 0 Å². The van der Waals surface area contributed by atoms with Crippen LogP contribution in [0.1, 0.15) is 44.0 Å². The van der Waals surface area contributed by atoms with Crippen LogP contribution in [0.15, 0.2) is 6.07 Å². The zero-order valence-corrected chi connectivity index (χ0v) is 10.2. The summed E-state index contributed by atoms with van der Waals surface area (Å²) in [5.74, 6) is 0.886. The summed E-state index contributed by atoms with van der Waals surface area (Å²) in [5.41, 5.74) is 2.34. The van der Waals surface area contributed by atoms with E-state index in [0.717, 1.165) is 44.3 Å². The van der Waals surface area contributed by atoms with Crippen LogP contribution in [-0.4, -0.2) is 15.6 Å². The van der Waals surface area contributed by atoms with Gasteiger partial charge in [0.15, 0.2) is 0 Å². The highest BCUT2D eigenvalue weighted by Crippen LogP contribution is 2.31. The van der Waals surface area contributed by atoms with Crippen LogP contribution in [0.4, 0.5) is 0 Å². The molecule has 0 spiro atoms. The first-order valence-corrected chi connectivity index (χ1v) is 6.26. The molecule has 0 atom stereocenters. The highest BCUT2D eigenvalue weighted by atomic mass is 16.1. The van der Waals surface area contributed by atoms with Crippen molar-refractivity contribution in [2.45, 2.75) is 52.5 Å². The lowest BCUT2D eigenvalue weighted by Gasteiger charge is -2.03. The predicted molar refractivity (Wildman–Crippen MR) is 63.3 cm³/mol. The number of rotatable bonds is 6. The molecule has 0 bridgehead atoms. The van der Waals surface area contributed by atoms with Crippen molar-refractivity contribution in [2.75, 3.05) is 0 Å². The molecule has 1 aliphatic rings. The zero-order chi connectivity index (χ0) is 11.5. The van der Waals surface area contributed by atoms with Crippen molar-refractivity contribution < 1.29 is 4.79 Å². The Morgan fingerprint density at radius 2 is 2.31 bits per heavy atom. The Kier molecular flexibility index (Phi) is 3.42. The van der Waals surface area contributed by atoms with E-state index in [-0.39, 0.29) is 0 Å². The molecular weight excluding hydrogens is 200 g/mol. The molecule has 0 unspecified atom stereocenters. The van der Waals surface area contributed by atoms with E-state index in [1.54, 1.807) is 0 Å². The third-order valence-electron chi connectivity index (χ3n) is 3.17. The van der Waals surface area contributed by atoms with Crippen molar-refractivity contribution >= 4 is 5.78 Å². The van der Waals surface area contributed by atoms with Gasteiger partial charge < -0.3 is 0 Å². The molecule has 16 heavy (non-hydrogen) atoms. The van der Waals surface area contributed by atoms with E-state index in [1.807, 2.05) is 11.6 Å². The van der Waals surface area contributed by atoms with E-state index in [2.05, 4.69) is 18.1 Å². The molecule has 1 aromatic rings. The van der Waals surface area contributed by atoms with E-state index in [9.17, 15) is 4.79 Å². The van der Waals surface area contributed by atoms with Gasteiger partial charge >= 0.3 is 0 Å². The maximum Gasteiger partial charge on any atom is 0.135 e. The second-order valence-corrected chi connectivity index (χ2v) is 4.69. The number of hydrogen-bond acceptors (Lipinski definition) is 2. The van der Waals surface area contributed by atoms with Crippen LogP contribution in [0.5, 0.6) is 0 Å². The monoisotopic (exact) mass is 220 g/mol. The summed E-state index contributed by atoms with van der Waals surface area (Å²) in [6.45, 7) is 5.04. The number of carbonyl (C=O) groups is 1. The summed E-state index contributed by atoms with van der Waals surface area (Å²) in [7, 11) is 0. The van der Waals surface area contributed by atoms with E-state index in [0.29, 0.717) is 11.7 Å². The average molecular weight is 220 g/mol. The lowest BCUT2D eigenvalue weighted by atomic mass is 10.1. The van der Waals surface area contributed by atoms with Gasteiger partial charge in [-0.1, -0.05) is 0 Å². The molecule has 1 saturated carbocycles. The fourth-order valence-corrected chi connectivity index (χ4v) is 2.13. The van der Waals surface area contributed by atoms with Gasteiger partial charge in [-0.15, -0.1) is 0 Å². The molecular formula is C13H20N2O. The average Bonchev–Trinajstić information content (AvgIpc) is 3.03. The van der Waals surface area contributed by atoms with Crippen LogP contribution in [-0.2, 0) is 17.8 Å². The van der Waals surface area contributed by atoms with Gasteiger partial charge in [-0.3, -0.25) is 9.48 Å². The molecule has 2 rings (SSSR count). The van der Waals surface area contributed by atoms with Crippen LogP contribution in [0, 0.1) is 12.8 Å². The Bertz CT molecular complexity index is 377. The number of hydrogen-bond donors (Lipinski definition) is 0. The SMILES string of the molecule is CCn1nc(C)cc1CCCC(=O)C1CC1. The van der Waals surface area contributed by atoms with Crippen LogP contribution in [0.25, 0.3) is 0 Å². The Morgan fingerprint density at radius 3 is 2.94 bits per heavy atom. The van der Waals surface area contributed by atoms with E-state index >= 15 is 0 Å². The molecule has 1 aliphatic carbocycles. The number of aryl methyl sites for hydroxylation is 3. The van der Waals surface area contributed by atoms with Crippen molar-refractivity contribution in [3.05, 3.63) is 17.5 Å². The maximum absolute atomic E-state index is 11.5. The highest BCUT2D eigenvalue weighted by molar-refractivity contribution is 5.83. The van der Waals surface area contributed by atoms with Crippen molar-refractivity contribution in [2.24, 2.45) is 5.92 Å². The van der Waals surface area contributed by atoms with Gasteiger partial charge in [-0.25, -0.2) is 0 Å². The summed E-state index contributed by atoms with van der Waals surface area (Å²) >= 11 is 0. The second kappa shape index (κ2) is 4.81. The summed E-state index contributed by atoms with van der Waals surface area (Å²) in [4.78, 5) is 11.5. The molecule has 0 radical (unpaired) electrons. The van der Waals surface area contributed by atoms with E-state index in [1.165, 1.54) is 5.69 Å². The first-order valence-electron chi connectivity index (χ1n) is 6.26. The van der Waals surface area contributed by atoms with Crippen molar-refractivity contribution in [3.8, 4) is 0 Å². The number of Topliss-reactive ketones (excluding diaryl/α,β-unsaturated/α-hetero) is 1. The fraction of sp³-hybridized carbons (Fsp3) is 0.692. The molecule has 0 aliphatic heterocycles. The Hall–Kier alpha value is -1.12. The quantitative estimate of drug-likeness (QED) is 0.738. The van der Waals surface area contributed by atoms with E-state index < -0.39 is 0 Å². The summed E-state index contributed by atoms with van der Waals surface area (Å²) in [6.07, 6.45) is 4.96. The number of ketones is 1. The molecule has 3 nitrogen and oxygen atoms in total. The third-order valence-corrected chi connectivity index (χ3v) is 3.17. The summed E-state index contributed by atoms with van der Waals surface area (Å²) in [6, 6.07) is 2.13. The van der Waals surface area contributed by atoms with Crippen LogP contribution < -0.4 is 0 Å². The first kappa shape index (κ1) is 11.4.